The molecule has 2 aromatic carbocycles. The number of nitrogens with two attached hydrogens (primary N) is 1. The number of nitrogens with one attached hydrogen (secondary N) is 1. The smallest absolute Gasteiger partial charge is 0.269 e. The first-order chi connectivity index (χ1) is 11.7. The van der Waals surface area contributed by atoms with Crippen LogP contribution < -0.4 is 10.5 Å². The molecule has 132 valence electrons. The van der Waals surface area contributed by atoms with Crippen molar-refractivity contribution in [3.63, 3.8) is 0 Å². The molecule has 8 nitrogen and oxygen atoms in total. The number of anilines is 1. The van der Waals surface area contributed by atoms with E-state index >= 15 is 0 Å². The number of thioether (sulfide) groups is 1. The lowest BCUT2D eigenvalue weighted by Crippen LogP contribution is -2.15. The molecule has 0 atom stereocenters. The lowest BCUT2D eigenvalue weighted by molar-refractivity contribution is -0.384. The van der Waals surface area contributed by atoms with Gasteiger partial charge in [0, 0.05) is 22.7 Å². The van der Waals surface area contributed by atoms with Gasteiger partial charge < -0.3 is 5.32 Å². The SMILES string of the molecule is NS(=O)(=O)Cc1ccc(NC(=O)CSc2ccc([N+](=O)[O-])cc2)cc1. The minimum atomic E-state index is -3.59. The Morgan fingerprint density at radius 3 is 2.24 bits per heavy atom. The lowest BCUT2D eigenvalue weighted by Gasteiger charge is -2.06. The number of carbonyl (C=O) groups excluding carboxylic acids is 1. The predicted molar refractivity (Wildman–Crippen MR) is 95.7 cm³/mol. The second-order valence-electron chi connectivity index (χ2n) is 5.09. The van der Waals surface area contributed by atoms with Crippen LogP contribution in [0.4, 0.5) is 11.4 Å². The summed E-state index contributed by atoms with van der Waals surface area (Å²) in [5.41, 5.74) is 1.06. The molecule has 3 N–H and O–H groups in total. The molecule has 0 bridgehead atoms. The number of rotatable bonds is 7. The van der Waals surface area contributed by atoms with Crippen LogP contribution in [-0.4, -0.2) is 25.0 Å². The maximum absolute atomic E-state index is 11.9. The first kappa shape index (κ1) is 18.9. The molecular weight excluding hydrogens is 366 g/mol. The highest BCUT2D eigenvalue weighted by molar-refractivity contribution is 8.00. The minimum absolute atomic E-state index is 0.00613. The van der Waals surface area contributed by atoms with Crippen molar-refractivity contribution in [2.45, 2.75) is 10.6 Å². The van der Waals surface area contributed by atoms with Crippen LogP contribution >= 0.6 is 11.8 Å². The van der Waals surface area contributed by atoms with Gasteiger partial charge in [-0.2, -0.15) is 0 Å². The van der Waals surface area contributed by atoms with Gasteiger partial charge in [-0.3, -0.25) is 14.9 Å². The summed E-state index contributed by atoms with van der Waals surface area (Å²) in [4.78, 5) is 22.7. The van der Waals surface area contributed by atoms with Crippen LogP contribution in [0.3, 0.4) is 0 Å². The van der Waals surface area contributed by atoms with Crippen LogP contribution in [0.25, 0.3) is 0 Å². The number of primary sulfonamides is 1. The molecule has 0 saturated carbocycles. The van der Waals surface area contributed by atoms with Crippen molar-refractivity contribution < 1.29 is 18.1 Å². The zero-order valence-corrected chi connectivity index (χ0v) is 14.5. The van der Waals surface area contributed by atoms with E-state index in [2.05, 4.69) is 5.32 Å². The molecular formula is C15H15N3O5S2. The van der Waals surface area contributed by atoms with Gasteiger partial charge in [-0.25, -0.2) is 13.6 Å². The number of hydrogen-bond donors (Lipinski definition) is 2. The third-order valence-electron chi connectivity index (χ3n) is 3.02. The molecule has 0 saturated heterocycles. The highest BCUT2D eigenvalue weighted by atomic mass is 32.2. The van der Waals surface area contributed by atoms with Crippen molar-refractivity contribution in [2.24, 2.45) is 5.14 Å². The van der Waals surface area contributed by atoms with Gasteiger partial charge in [-0.15, -0.1) is 11.8 Å². The molecule has 0 unspecified atom stereocenters. The van der Waals surface area contributed by atoms with E-state index in [1.807, 2.05) is 0 Å². The molecule has 0 aliphatic heterocycles. The van der Waals surface area contributed by atoms with Gasteiger partial charge in [-0.1, -0.05) is 12.1 Å². The van der Waals surface area contributed by atoms with Crippen LogP contribution in [0.5, 0.6) is 0 Å². The van der Waals surface area contributed by atoms with Gasteiger partial charge in [0.25, 0.3) is 5.69 Å². The topological polar surface area (TPSA) is 132 Å². The zero-order valence-electron chi connectivity index (χ0n) is 12.9. The molecule has 1 amide bonds. The van der Waals surface area contributed by atoms with Crippen molar-refractivity contribution in [1.29, 1.82) is 0 Å². The Labute approximate surface area is 148 Å². The first-order valence-corrected chi connectivity index (χ1v) is 9.69. The summed E-state index contributed by atoms with van der Waals surface area (Å²) in [5, 5.41) is 18.2. The van der Waals surface area contributed by atoms with Crippen LogP contribution in [0.1, 0.15) is 5.56 Å². The van der Waals surface area contributed by atoms with E-state index in [4.69, 9.17) is 5.14 Å². The Kier molecular flexibility index (Phi) is 6.12. The third-order valence-corrected chi connectivity index (χ3v) is 4.77. The van der Waals surface area contributed by atoms with Crippen molar-refractivity contribution >= 4 is 39.1 Å². The summed E-state index contributed by atoms with van der Waals surface area (Å²) < 4.78 is 22.0. The average Bonchev–Trinajstić information content (AvgIpc) is 2.54. The Hall–Kier alpha value is -2.43. The van der Waals surface area contributed by atoms with Crippen molar-refractivity contribution in [3.05, 3.63) is 64.2 Å². The van der Waals surface area contributed by atoms with Gasteiger partial charge in [0.05, 0.1) is 16.4 Å². The summed E-state index contributed by atoms with van der Waals surface area (Å²) in [6, 6.07) is 12.3. The van der Waals surface area contributed by atoms with Gasteiger partial charge in [0.1, 0.15) is 0 Å². The molecule has 2 rings (SSSR count). The number of nitro groups is 1. The quantitative estimate of drug-likeness (QED) is 0.429. The standard InChI is InChI=1S/C15H15N3O5S2/c16-25(22,23)10-11-1-3-12(4-2-11)17-15(19)9-24-14-7-5-13(6-8-14)18(20)21/h1-8H,9-10H2,(H,17,19)(H2,16,22,23). The molecule has 0 aliphatic rings. The van der Waals surface area contributed by atoms with Crippen LogP contribution in [-0.2, 0) is 20.6 Å². The van der Waals surface area contributed by atoms with Gasteiger partial charge in [-0.05, 0) is 29.8 Å². The van der Waals surface area contributed by atoms with Gasteiger partial charge >= 0.3 is 0 Å². The highest BCUT2D eigenvalue weighted by Gasteiger charge is 2.08. The molecule has 0 aliphatic carbocycles. The average molecular weight is 381 g/mol. The number of benzene rings is 2. The highest BCUT2D eigenvalue weighted by Crippen LogP contribution is 2.21. The Bertz CT molecular complexity index is 865. The van der Waals surface area contributed by atoms with E-state index in [-0.39, 0.29) is 23.1 Å². The van der Waals surface area contributed by atoms with E-state index in [9.17, 15) is 23.3 Å². The number of nitro benzene ring substituents is 1. The van der Waals surface area contributed by atoms with Crippen molar-refractivity contribution in [2.75, 3.05) is 11.1 Å². The second kappa shape index (κ2) is 8.10. The van der Waals surface area contributed by atoms with Crippen molar-refractivity contribution in [3.8, 4) is 0 Å². The second-order valence-corrected chi connectivity index (χ2v) is 7.76. The number of amides is 1. The van der Waals surface area contributed by atoms with E-state index in [0.717, 1.165) is 4.90 Å². The van der Waals surface area contributed by atoms with E-state index in [1.165, 1.54) is 23.9 Å². The number of nitrogens with zero attached hydrogens (tertiary/aromatic N) is 1. The first-order valence-electron chi connectivity index (χ1n) is 6.99. The zero-order chi connectivity index (χ0) is 18.4. The fraction of sp³-hybridized carbons (Fsp3) is 0.133. The number of hydrogen-bond acceptors (Lipinski definition) is 6. The van der Waals surface area contributed by atoms with Gasteiger partial charge in [0.15, 0.2) is 0 Å². The molecule has 10 heteroatoms. The summed E-state index contributed by atoms with van der Waals surface area (Å²) in [7, 11) is -3.59. The van der Waals surface area contributed by atoms with Crippen molar-refractivity contribution in [1.82, 2.24) is 0 Å². The van der Waals surface area contributed by atoms with E-state index in [1.54, 1.807) is 36.4 Å². The van der Waals surface area contributed by atoms with E-state index in [0.29, 0.717) is 11.3 Å². The summed E-state index contributed by atoms with van der Waals surface area (Å²) in [6.07, 6.45) is 0. The fourth-order valence-electron chi connectivity index (χ4n) is 1.93. The third kappa shape index (κ3) is 6.53. The molecule has 25 heavy (non-hydrogen) atoms. The largest absolute Gasteiger partial charge is 0.325 e. The Morgan fingerprint density at radius 2 is 1.72 bits per heavy atom. The molecule has 0 heterocycles. The maximum Gasteiger partial charge on any atom is 0.269 e. The minimum Gasteiger partial charge on any atom is -0.325 e. The lowest BCUT2D eigenvalue weighted by atomic mass is 10.2. The van der Waals surface area contributed by atoms with E-state index < -0.39 is 14.9 Å². The summed E-state index contributed by atoms with van der Waals surface area (Å²) in [6.45, 7) is 0. The Balaban J connectivity index is 1.86. The molecule has 0 aromatic heterocycles. The number of carbonyl (C=O) groups is 1. The molecule has 2 aromatic rings. The number of non-ortho nitro benzene ring substituents is 1. The normalized spacial score (nSPS) is 11.1. The maximum atomic E-state index is 11.9. The fourth-order valence-corrected chi connectivity index (χ4v) is 3.28. The van der Waals surface area contributed by atoms with Crippen LogP contribution in [0, 0.1) is 10.1 Å². The molecule has 0 spiro atoms. The van der Waals surface area contributed by atoms with Crippen LogP contribution in [0.2, 0.25) is 0 Å². The summed E-state index contributed by atoms with van der Waals surface area (Å²) in [5.74, 6) is -0.379. The van der Waals surface area contributed by atoms with Gasteiger partial charge in [0.2, 0.25) is 15.9 Å². The number of sulfonamides is 1. The van der Waals surface area contributed by atoms with Crippen LogP contribution in [0.15, 0.2) is 53.4 Å². The molecule has 0 radical (unpaired) electrons. The molecule has 0 fully saturated rings. The summed E-state index contributed by atoms with van der Waals surface area (Å²) >= 11 is 1.25. The Morgan fingerprint density at radius 1 is 1.12 bits per heavy atom. The monoisotopic (exact) mass is 381 g/mol. The predicted octanol–water partition coefficient (Wildman–Crippen LogP) is 2.11.